The fourth-order valence-electron chi connectivity index (χ4n) is 5.04. The van der Waals surface area contributed by atoms with Gasteiger partial charge in [-0.25, -0.2) is 9.18 Å². The Balaban J connectivity index is 0.000000901. The van der Waals surface area contributed by atoms with Gasteiger partial charge in [-0.05, 0) is 104 Å². The van der Waals surface area contributed by atoms with Gasteiger partial charge in [0.25, 0.3) is 5.69 Å². The number of aryl methyl sites for hydroxylation is 1. The van der Waals surface area contributed by atoms with Crippen LogP contribution >= 0.6 is 0 Å². The van der Waals surface area contributed by atoms with Crippen molar-refractivity contribution in [3.05, 3.63) is 283 Å². The smallest absolute Gasteiger partial charge is 0.416 e. The second-order valence-electron chi connectivity index (χ2n) is 15.0. The molecule has 0 aliphatic rings. The highest BCUT2D eigenvalue weighted by molar-refractivity contribution is 5.88. The van der Waals surface area contributed by atoms with Crippen LogP contribution in [0.5, 0.6) is 5.75 Å². The summed E-state index contributed by atoms with van der Waals surface area (Å²) >= 11 is 0. The van der Waals surface area contributed by atoms with Gasteiger partial charge in [0.2, 0.25) is 0 Å². The van der Waals surface area contributed by atoms with E-state index in [4.69, 9.17) is 15.5 Å². The number of aromatic carboxylic acids is 1. The van der Waals surface area contributed by atoms with Gasteiger partial charge < -0.3 is 10.2 Å². The number of carboxylic acid groups (broad SMARTS) is 1. The van der Waals surface area contributed by atoms with E-state index in [2.05, 4.69) is 0 Å². The van der Waals surface area contributed by atoms with E-state index in [1.54, 1.807) is 48.5 Å². The molecule has 0 unspecified atom stereocenters. The standard InChI is InChI=1S/C8H5F3O.C8H5NO.C8H6O3.C8H8O.C7H5FO.C7H5NO3.C7H6O2.C7H6O.C2H6/c9-8(10,11)7-3-1-6(5-12)2-4-7;9-5-7-1-3-8(6-10)4-2-7;9-5-6-1-3-7(4-2-6)8(10)11;1-7-2-4-8(6-9)5-3-7;8-7-3-1-6(5-9)2-4-7;9-5-6-1-3-7(4-2-6)8(10)11;8-5-6-1-3-7(9)4-2-6;8-6-7-4-2-1-3-5-7;1-2/h1-5H;1-4,6H;1-5H,(H,10,11);2-6H,1H3;1-5H;1-5H;1-5,9H;1-6H;1-2H3. The van der Waals surface area contributed by atoms with E-state index in [9.17, 15) is 70.8 Å². The molecule has 0 aromatic heterocycles. The number of aldehydes is 8. The third-order valence-corrected chi connectivity index (χ3v) is 9.27. The first-order valence-corrected chi connectivity index (χ1v) is 23.3. The summed E-state index contributed by atoms with van der Waals surface area (Å²) in [6, 6.07) is 51.6. The molecule has 0 saturated heterocycles. The summed E-state index contributed by atoms with van der Waals surface area (Å²) < 4.78 is 47.9. The molecule has 8 aromatic rings. The molecule has 81 heavy (non-hydrogen) atoms. The van der Waals surface area contributed by atoms with Gasteiger partial charge in [0.1, 0.15) is 61.9 Å². The normalized spacial score (nSPS) is 9.06. The summed E-state index contributed by atoms with van der Waals surface area (Å²) in [6.07, 6.45) is 1.33. The van der Waals surface area contributed by atoms with Crippen LogP contribution in [0.3, 0.4) is 0 Å². The lowest BCUT2D eigenvalue weighted by Crippen LogP contribution is -2.04. The summed E-state index contributed by atoms with van der Waals surface area (Å²) in [4.78, 5) is 101. The molecule has 8 rings (SSSR count). The van der Waals surface area contributed by atoms with Crippen molar-refractivity contribution >= 4 is 61.9 Å². The predicted octanol–water partition coefficient (Wildman–Crippen LogP) is 13.7. The highest BCUT2D eigenvalue weighted by Crippen LogP contribution is 2.28. The molecule has 15 nitrogen and oxygen atoms in total. The number of nitro benzene ring substituents is 1. The molecule has 0 bridgehead atoms. The van der Waals surface area contributed by atoms with E-state index in [-0.39, 0.29) is 28.4 Å². The number of carboxylic acids is 1. The number of aromatic hydroxyl groups is 1. The molecule has 0 aliphatic heterocycles. The number of non-ortho nitro benzene ring substituents is 1. The largest absolute Gasteiger partial charge is 0.508 e. The molecule has 19 heteroatoms. The number of hydrogen-bond donors (Lipinski definition) is 2. The first kappa shape index (κ1) is 70.0. The van der Waals surface area contributed by atoms with E-state index >= 15 is 0 Å². The van der Waals surface area contributed by atoms with Crippen molar-refractivity contribution < 1.29 is 75.8 Å². The molecule has 0 atom stereocenters. The van der Waals surface area contributed by atoms with Crippen molar-refractivity contribution in [3.63, 3.8) is 0 Å². The van der Waals surface area contributed by atoms with Gasteiger partial charge in [-0.1, -0.05) is 110 Å². The number of phenolic OH excluding ortho intramolecular Hbond substituents is 1. The van der Waals surface area contributed by atoms with Crippen molar-refractivity contribution in [3.8, 4) is 11.8 Å². The lowest BCUT2D eigenvalue weighted by Gasteiger charge is -2.04. The number of nitro groups is 1. The van der Waals surface area contributed by atoms with Gasteiger partial charge in [-0.2, -0.15) is 18.4 Å². The molecule has 2 N–H and O–H groups in total. The SMILES string of the molecule is CC.Cc1ccc(C=O)cc1.N#Cc1ccc(C=O)cc1.O=Cc1ccc(C(=O)O)cc1.O=Cc1ccc(C(F)(F)F)cc1.O=Cc1ccc(F)cc1.O=Cc1ccc(O)cc1.O=Cc1ccc([N+](=O)[O-])cc1.O=Cc1ccccc1. The van der Waals surface area contributed by atoms with Crippen LogP contribution in [0.2, 0.25) is 0 Å². The lowest BCUT2D eigenvalue weighted by molar-refractivity contribution is -0.384. The Morgan fingerprint density at radius 3 is 1.09 bits per heavy atom. The van der Waals surface area contributed by atoms with Crippen LogP contribution in [0.1, 0.15) is 124 Å². The molecule has 0 saturated carbocycles. The number of nitriles is 1. The fourth-order valence-corrected chi connectivity index (χ4v) is 5.04. The van der Waals surface area contributed by atoms with Gasteiger partial charge >= 0.3 is 12.1 Å². The highest BCUT2D eigenvalue weighted by atomic mass is 19.4. The summed E-state index contributed by atoms with van der Waals surface area (Å²) in [7, 11) is 0. The Bertz CT molecular complexity index is 3010. The van der Waals surface area contributed by atoms with Crippen LogP contribution in [0.4, 0.5) is 23.2 Å². The number of hydrogen-bond acceptors (Lipinski definition) is 13. The summed E-state index contributed by atoms with van der Waals surface area (Å²) in [5.41, 5.74) is 5.50. The predicted molar refractivity (Wildman–Crippen MR) is 296 cm³/mol. The lowest BCUT2D eigenvalue weighted by atomic mass is 10.1. The van der Waals surface area contributed by atoms with E-state index in [0.29, 0.717) is 58.5 Å². The molecular weight excluding hydrogens is 1060 g/mol. The van der Waals surface area contributed by atoms with Crippen molar-refractivity contribution in [2.75, 3.05) is 0 Å². The molecule has 8 aromatic carbocycles. The zero-order chi connectivity index (χ0) is 61.0. The maximum Gasteiger partial charge on any atom is 0.416 e. The zero-order valence-corrected chi connectivity index (χ0v) is 43.5. The Morgan fingerprint density at radius 1 is 0.481 bits per heavy atom. The van der Waals surface area contributed by atoms with Crippen molar-refractivity contribution in [1.29, 1.82) is 5.26 Å². The van der Waals surface area contributed by atoms with Crippen molar-refractivity contribution in [2.45, 2.75) is 26.9 Å². The first-order chi connectivity index (χ1) is 38.8. The Labute approximate surface area is 463 Å². The number of benzene rings is 8. The van der Waals surface area contributed by atoms with Gasteiger partial charge in [0, 0.05) is 56.6 Å². The van der Waals surface area contributed by atoms with Crippen LogP contribution in [0.15, 0.2) is 200 Å². The third kappa shape index (κ3) is 31.6. The van der Waals surface area contributed by atoms with E-state index < -0.39 is 22.6 Å². The van der Waals surface area contributed by atoms with Crippen molar-refractivity contribution in [1.82, 2.24) is 0 Å². The molecule has 0 radical (unpaired) electrons. The maximum atomic E-state index is 12.1. The molecule has 0 amide bonds. The van der Waals surface area contributed by atoms with Crippen LogP contribution in [0.25, 0.3) is 0 Å². The molecule has 416 valence electrons. The number of nitrogens with zero attached hydrogens (tertiary/aromatic N) is 2. The van der Waals surface area contributed by atoms with Gasteiger partial charge in [0.05, 0.1) is 27.7 Å². The minimum absolute atomic E-state index is 0.00407. The molecule has 0 spiro atoms. The number of halogens is 4. The number of phenols is 1. The summed E-state index contributed by atoms with van der Waals surface area (Å²) in [5.74, 6) is -1.12. The van der Waals surface area contributed by atoms with Gasteiger partial charge in [-0.15, -0.1) is 0 Å². The first-order valence-electron chi connectivity index (χ1n) is 23.3. The Morgan fingerprint density at radius 2 is 0.778 bits per heavy atom. The summed E-state index contributed by atoms with van der Waals surface area (Å²) in [5, 5.41) is 35.7. The molecule has 0 fully saturated rings. The zero-order valence-electron chi connectivity index (χ0n) is 43.5. The average Bonchev–Trinajstić information content (AvgIpc) is 3.51. The number of alkyl halides is 3. The molecular formula is C62H52F4N2O13. The Kier molecular flexibility index (Phi) is 35.6. The maximum absolute atomic E-state index is 12.1. The van der Waals surface area contributed by atoms with Crippen LogP contribution in [0, 0.1) is 34.2 Å². The van der Waals surface area contributed by atoms with Crippen molar-refractivity contribution in [2.24, 2.45) is 0 Å². The second kappa shape index (κ2) is 41.2. The third-order valence-electron chi connectivity index (χ3n) is 9.27. The monoisotopic (exact) mass is 1110 g/mol. The number of carbonyl (C=O) groups excluding carboxylic acids is 8. The van der Waals surface area contributed by atoms with Crippen LogP contribution in [-0.2, 0) is 6.18 Å². The van der Waals surface area contributed by atoms with E-state index in [1.807, 2.05) is 69.3 Å². The van der Waals surface area contributed by atoms with Gasteiger partial charge in [0.15, 0.2) is 0 Å². The topological polar surface area (TPSA) is 261 Å². The number of carbonyl (C=O) groups is 9. The quantitative estimate of drug-likeness (QED) is 0.0558. The summed E-state index contributed by atoms with van der Waals surface area (Å²) in [6.45, 7) is 5.99. The minimum atomic E-state index is -4.33. The minimum Gasteiger partial charge on any atom is -0.508 e. The highest BCUT2D eigenvalue weighted by Gasteiger charge is 2.29. The van der Waals surface area contributed by atoms with E-state index in [1.165, 1.54) is 90.5 Å². The number of rotatable bonds is 10. The Hall–Kier alpha value is -11.0. The van der Waals surface area contributed by atoms with Crippen LogP contribution in [-0.4, -0.2) is 71.4 Å². The molecule has 0 heterocycles. The second-order valence-corrected chi connectivity index (χ2v) is 15.0. The average molecular weight is 1110 g/mol. The van der Waals surface area contributed by atoms with Crippen LogP contribution < -0.4 is 0 Å². The van der Waals surface area contributed by atoms with E-state index in [0.717, 1.165) is 60.5 Å². The van der Waals surface area contributed by atoms with Gasteiger partial charge in [-0.3, -0.25) is 48.5 Å². The fraction of sp³-hybridized carbons (Fsp3) is 0.0645. The molecule has 0 aliphatic carbocycles.